The third kappa shape index (κ3) is 8.43. The van der Waals surface area contributed by atoms with Crippen molar-refractivity contribution < 1.29 is 19.1 Å². The van der Waals surface area contributed by atoms with E-state index in [1.165, 1.54) is 9.58 Å². The zero-order valence-corrected chi connectivity index (χ0v) is 38.4. The first-order chi connectivity index (χ1) is 31.1. The van der Waals surface area contributed by atoms with Gasteiger partial charge in [0.25, 0.3) is 11.5 Å². The number of halogens is 1. The van der Waals surface area contributed by atoms with Crippen molar-refractivity contribution >= 4 is 51.7 Å². The van der Waals surface area contributed by atoms with Crippen LogP contribution in [0, 0.1) is 28.1 Å². The Morgan fingerprint density at radius 2 is 1.58 bits per heavy atom. The van der Waals surface area contributed by atoms with Crippen LogP contribution in [0.15, 0.2) is 59.5 Å². The van der Waals surface area contributed by atoms with Crippen LogP contribution >= 0.6 is 11.6 Å². The Kier molecular flexibility index (Phi) is 12.1. The molecule has 1 unspecified atom stereocenters. The summed E-state index contributed by atoms with van der Waals surface area (Å²) in [4.78, 5) is 69.5. The molecule has 16 nitrogen and oxygen atoms in total. The lowest BCUT2D eigenvalue weighted by atomic mass is 9.48. The standard InChI is InChI=1S/C48H58ClN11O5/c1-47(2)45(48(3,4)46(47)65-35-8-5-31(27-50)37(49)26-35)59-41(61)12-10-39(44(59)64)60-43(63)36-25-34(7-9-38(36)53-54-60)56-19-15-33(16-20-56)57-23-21-55(22-24-57)29-30-13-17-58(18-14-30)40-11-6-32(28-52-40)42(51)62/h5-9,11,25-26,28,30,33,39,45-46H,10,12-24,29H2,1-4H3,(H2,51,62). The van der Waals surface area contributed by atoms with Crippen molar-refractivity contribution in [1.29, 1.82) is 5.26 Å². The number of piperidine rings is 3. The number of rotatable bonds is 10. The van der Waals surface area contributed by atoms with Gasteiger partial charge in [-0.1, -0.05) is 44.5 Å². The molecule has 17 heteroatoms. The van der Waals surface area contributed by atoms with E-state index in [0.717, 1.165) is 96.1 Å². The summed E-state index contributed by atoms with van der Waals surface area (Å²) in [5.41, 5.74) is 5.85. The molecule has 6 heterocycles. The van der Waals surface area contributed by atoms with Crippen LogP contribution in [0.1, 0.15) is 88.2 Å². The minimum atomic E-state index is -0.980. The van der Waals surface area contributed by atoms with Gasteiger partial charge in [-0.2, -0.15) is 9.94 Å². The fourth-order valence-electron chi connectivity index (χ4n) is 11.8. The highest BCUT2D eigenvalue weighted by molar-refractivity contribution is 6.31. The number of nitriles is 1. The van der Waals surface area contributed by atoms with Crippen LogP contribution in [0.4, 0.5) is 11.5 Å². The van der Waals surface area contributed by atoms with Crippen LogP contribution in [-0.2, 0) is 9.59 Å². The monoisotopic (exact) mass is 903 g/mol. The average molecular weight is 905 g/mol. The zero-order chi connectivity index (χ0) is 45.8. The Balaban J connectivity index is 0.795. The number of benzene rings is 2. The first-order valence-electron chi connectivity index (χ1n) is 23.0. The van der Waals surface area contributed by atoms with Crippen LogP contribution in [-0.4, -0.2) is 129 Å². The highest BCUT2D eigenvalue weighted by Crippen LogP contribution is 2.59. The first kappa shape index (κ1) is 44.6. The van der Waals surface area contributed by atoms with Crippen LogP contribution in [0.2, 0.25) is 5.02 Å². The average Bonchev–Trinajstić information content (AvgIpc) is 3.30. The molecule has 1 atom stereocenters. The molecule has 5 aliphatic rings. The lowest BCUT2D eigenvalue weighted by Crippen LogP contribution is -2.77. The van der Waals surface area contributed by atoms with Gasteiger partial charge in [-0.05, 0) is 80.5 Å². The van der Waals surface area contributed by atoms with E-state index in [4.69, 9.17) is 22.1 Å². The molecule has 4 saturated heterocycles. The second-order valence-electron chi connectivity index (χ2n) is 19.7. The second kappa shape index (κ2) is 17.6. The quantitative estimate of drug-likeness (QED) is 0.212. The molecule has 1 saturated carbocycles. The van der Waals surface area contributed by atoms with Gasteiger partial charge in [0, 0.05) is 100 Å². The van der Waals surface area contributed by atoms with Crippen LogP contribution in [0.5, 0.6) is 5.75 Å². The summed E-state index contributed by atoms with van der Waals surface area (Å²) in [5.74, 6) is 0.851. The Bertz CT molecular complexity index is 2550. The van der Waals surface area contributed by atoms with Gasteiger partial charge in [0.05, 0.1) is 27.6 Å². The van der Waals surface area contributed by atoms with E-state index in [-0.39, 0.29) is 23.8 Å². The van der Waals surface area contributed by atoms with E-state index in [1.807, 2.05) is 52.0 Å². The Hall–Kier alpha value is -5.63. The summed E-state index contributed by atoms with van der Waals surface area (Å²) >= 11 is 6.30. The number of ether oxygens (including phenoxy) is 1. The second-order valence-corrected chi connectivity index (χ2v) is 20.2. The van der Waals surface area contributed by atoms with E-state index < -0.39 is 46.4 Å². The zero-order valence-electron chi connectivity index (χ0n) is 37.7. The molecule has 2 aromatic heterocycles. The summed E-state index contributed by atoms with van der Waals surface area (Å²) in [6.07, 6.45) is 5.73. The molecular weight excluding hydrogens is 846 g/mol. The van der Waals surface area contributed by atoms with Gasteiger partial charge < -0.3 is 25.2 Å². The fraction of sp³-hybridized carbons (Fsp3) is 0.542. The first-order valence-corrected chi connectivity index (χ1v) is 23.4. The molecule has 5 fully saturated rings. The van der Waals surface area contributed by atoms with Gasteiger partial charge in [0.15, 0.2) is 0 Å². The van der Waals surface area contributed by atoms with Crippen LogP contribution in [0.25, 0.3) is 10.9 Å². The fourth-order valence-corrected chi connectivity index (χ4v) is 12.0. The predicted molar refractivity (Wildman–Crippen MR) is 247 cm³/mol. The van der Waals surface area contributed by atoms with Gasteiger partial charge in [-0.3, -0.25) is 29.0 Å². The number of carbonyl (C=O) groups excluding carboxylic acids is 3. The number of likely N-dealkylation sites (tertiary alicyclic amines) is 1. The molecule has 2 aromatic carbocycles. The molecule has 2 N–H and O–H groups in total. The van der Waals surface area contributed by atoms with Gasteiger partial charge in [-0.25, -0.2) is 4.98 Å². The molecule has 342 valence electrons. The predicted octanol–water partition coefficient (Wildman–Crippen LogP) is 4.89. The summed E-state index contributed by atoms with van der Waals surface area (Å²) in [6, 6.07) is 15.3. The molecule has 0 spiro atoms. The van der Waals surface area contributed by atoms with E-state index in [0.29, 0.717) is 39.7 Å². The summed E-state index contributed by atoms with van der Waals surface area (Å²) in [7, 11) is 0. The molecule has 0 radical (unpaired) electrons. The van der Waals surface area contributed by atoms with Crippen molar-refractivity contribution in [2.75, 3.05) is 68.7 Å². The van der Waals surface area contributed by atoms with Gasteiger partial charge in [0.2, 0.25) is 11.8 Å². The Labute approximate surface area is 384 Å². The van der Waals surface area contributed by atoms with Crippen molar-refractivity contribution in [3.63, 3.8) is 0 Å². The summed E-state index contributed by atoms with van der Waals surface area (Å²) in [6.45, 7) is 17.0. The normalized spacial score (nSPS) is 24.5. The number of carbonyl (C=O) groups is 3. The van der Waals surface area contributed by atoms with Crippen molar-refractivity contribution in [1.82, 2.24) is 34.7 Å². The number of anilines is 2. The van der Waals surface area contributed by atoms with E-state index in [9.17, 15) is 24.4 Å². The number of nitrogens with zero attached hydrogens (tertiary/aromatic N) is 10. The minimum Gasteiger partial charge on any atom is -0.489 e. The maximum absolute atomic E-state index is 14.4. The van der Waals surface area contributed by atoms with Crippen LogP contribution in [0.3, 0.4) is 0 Å². The summed E-state index contributed by atoms with van der Waals surface area (Å²) in [5, 5.41) is 18.7. The molecule has 3 amide bonds. The molecule has 65 heavy (non-hydrogen) atoms. The number of amides is 3. The maximum Gasteiger partial charge on any atom is 0.278 e. The third-order valence-electron chi connectivity index (χ3n) is 15.0. The number of nitrogens with two attached hydrogens (primary N) is 1. The Morgan fingerprint density at radius 1 is 0.877 bits per heavy atom. The lowest BCUT2D eigenvalue weighted by Gasteiger charge is -2.65. The highest BCUT2D eigenvalue weighted by Gasteiger charge is 2.68. The van der Waals surface area contributed by atoms with Crippen molar-refractivity contribution in [3.8, 4) is 11.8 Å². The minimum absolute atomic E-state index is 0.0852. The van der Waals surface area contributed by atoms with Gasteiger partial charge >= 0.3 is 0 Å². The van der Waals surface area contributed by atoms with E-state index in [2.05, 4.69) is 41.0 Å². The highest BCUT2D eigenvalue weighted by atomic mass is 35.5. The van der Waals surface area contributed by atoms with Gasteiger partial charge in [-0.15, -0.1) is 5.10 Å². The number of imide groups is 1. The number of primary amides is 1. The SMILES string of the molecule is CC1(C)C(Oc2ccc(C#N)c(Cl)c2)C(C)(C)C1N1C(=O)CCC(n2nnc3ccc(N4CCC(N5CCN(CC6CCN(c7ccc(C(N)=O)cn7)CC6)CC5)CC4)cc3c2=O)C1=O. The third-order valence-corrected chi connectivity index (χ3v) is 15.3. The maximum atomic E-state index is 14.4. The summed E-state index contributed by atoms with van der Waals surface area (Å²) < 4.78 is 7.62. The van der Waals surface area contributed by atoms with Crippen molar-refractivity contribution in [2.45, 2.75) is 90.4 Å². The number of piperazine rings is 1. The molecule has 4 aliphatic heterocycles. The largest absolute Gasteiger partial charge is 0.489 e. The molecule has 0 bridgehead atoms. The Morgan fingerprint density at radius 3 is 2.23 bits per heavy atom. The van der Waals surface area contributed by atoms with E-state index in [1.54, 1.807) is 30.5 Å². The lowest BCUT2D eigenvalue weighted by molar-refractivity contribution is -0.216. The topological polar surface area (TPSA) is 187 Å². The van der Waals surface area contributed by atoms with Crippen molar-refractivity contribution in [3.05, 3.63) is 81.2 Å². The smallest absolute Gasteiger partial charge is 0.278 e. The molecule has 1 aliphatic carbocycles. The van der Waals surface area contributed by atoms with E-state index >= 15 is 0 Å². The molecular formula is C48H58ClN11O5. The number of hydrogen-bond donors (Lipinski definition) is 1. The number of pyridine rings is 1. The molecule has 9 rings (SSSR count). The molecule has 4 aromatic rings. The number of aromatic nitrogens is 4. The number of fused-ring (bicyclic) bond motifs is 1. The number of hydrogen-bond acceptors (Lipinski definition) is 13. The van der Waals surface area contributed by atoms with Gasteiger partial charge in [0.1, 0.15) is 35.3 Å². The van der Waals surface area contributed by atoms with Crippen LogP contribution < -0.4 is 25.8 Å². The van der Waals surface area contributed by atoms with Crippen molar-refractivity contribution in [2.24, 2.45) is 22.5 Å².